The Morgan fingerprint density at radius 3 is 2.27 bits per heavy atom. The van der Waals surface area contributed by atoms with Gasteiger partial charge in [0, 0.05) is 25.7 Å². The molecule has 1 atom stereocenters. The van der Waals surface area contributed by atoms with Gasteiger partial charge in [-0.3, -0.25) is 9.80 Å². The summed E-state index contributed by atoms with van der Waals surface area (Å²) in [5, 5.41) is 15.6. The number of anilines is 1. The third kappa shape index (κ3) is 6.59. The van der Waals surface area contributed by atoms with E-state index in [1.54, 1.807) is 24.7 Å². The maximum atomic E-state index is 13.1. The number of aromatic nitrogens is 1. The van der Waals surface area contributed by atoms with Crippen molar-refractivity contribution in [3.8, 4) is 10.4 Å². The molecule has 1 aromatic carbocycles. The number of carbonyl (C=O) groups excluding carboxylic acids is 1. The van der Waals surface area contributed by atoms with Crippen molar-refractivity contribution >= 4 is 35.2 Å². The number of hydrogen-bond acceptors (Lipinski definition) is 7. The highest BCUT2D eigenvalue weighted by Crippen LogP contribution is 2.35. The highest BCUT2D eigenvalue weighted by Gasteiger charge is 2.37. The van der Waals surface area contributed by atoms with Crippen molar-refractivity contribution in [1.29, 1.82) is 0 Å². The largest absolute Gasteiger partial charge is 0.478 e. The quantitative estimate of drug-likeness (QED) is 0.630. The highest BCUT2D eigenvalue weighted by molar-refractivity contribution is 7.13. The fourth-order valence-electron chi connectivity index (χ4n) is 3.76. The molecule has 1 unspecified atom stereocenters. The van der Waals surface area contributed by atoms with Gasteiger partial charge in [0.05, 0.1) is 10.4 Å². The first-order valence-corrected chi connectivity index (χ1v) is 11.1. The third-order valence-electron chi connectivity index (χ3n) is 5.46. The number of nitrogens with zero attached hydrogens (tertiary/aromatic N) is 3. The zero-order valence-corrected chi connectivity index (χ0v) is 18.7. The molecule has 2 aromatic rings. The van der Waals surface area contributed by atoms with E-state index in [1.807, 2.05) is 0 Å². The maximum Gasteiger partial charge on any atom is 0.415 e. The van der Waals surface area contributed by atoms with Crippen LogP contribution < -0.4 is 4.90 Å². The molecule has 176 valence electrons. The van der Waals surface area contributed by atoms with Crippen LogP contribution >= 0.6 is 11.3 Å². The van der Waals surface area contributed by atoms with Gasteiger partial charge < -0.3 is 14.9 Å². The highest BCUT2D eigenvalue weighted by atomic mass is 32.1. The molecule has 0 radical (unpaired) electrons. The van der Waals surface area contributed by atoms with Crippen molar-refractivity contribution < 1.29 is 33.7 Å². The van der Waals surface area contributed by atoms with Crippen LogP contribution in [0.25, 0.3) is 10.4 Å². The summed E-state index contributed by atoms with van der Waals surface area (Å²) in [7, 11) is 1.67. The van der Waals surface area contributed by atoms with Crippen LogP contribution in [0.15, 0.2) is 41.9 Å². The fraction of sp³-hybridized carbons (Fsp3) is 0.364. The molecular formula is C22H24FN3O6S. The lowest BCUT2D eigenvalue weighted by molar-refractivity contribution is -0.134. The number of rotatable bonds is 5. The minimum absolute atomic E-state index is 0.0367. The molecular weight excluding hydrogens is 453 g/mol. The zero-order valence-electron chi connectivity index (χ0n) is 17.9. The Bertz CT molecular complexity index is 1000. The molecule has 11 heteroatoms. The first-order valence-electron chi connectivity index (χ1n) is 10.2. The van der Waals surface area contributed by atoms with E-state index in [0.29, 0.717) is 23.9 Å². The van der Waals surface area contributed by atoms with E-state index in [0.717, 1.165) is 42.9 Å². The molecule has 2 bridgehead atoms. The molecule has 2 N–H and O–H groups in total. The molecule has 3 fully saturated rings. The average Bonchev–Trinajstić information content (AvgIpc) is 3.29. The van der Waals surface area contributed by atoms with E-state index in [9.17, 15) is 18.8 Å². The molecule has 4 heterocycles. The van der Waals surface area contributed by atoms with Crippen molar-refractivity contribution in [1.82, 2.24) is 9.88 Å². The Balaban J connectivity index is 0.000000331. The number of piperidine rings is 3. The summed E-state index contributed by atoms with van der Waals surface area (Å²) in [5.74, 6) is -1.79. The Hall–Kier alpha value is -3.31. The molecule has 0 saturated carbocycles. The lowest BCUT2D eigenvalue weighted by Gasteiger charge is -2.44. The minimum Gasteiger partial charge on any atom is -0.478 e. The number of amides is 1. The Kier molecular flexibility index (Phi) is 8.12. The second-order valence-corrected chi connectivity index (χ2v) is 8.50. The summed E-state index contributed by atoms with van der Waals surface area (Å²) in [5.41, 5.74) is 2.52. The van der Waals surface area contributed by atoms with E-state index in [1.165, 1.54) is 28.4 Å². The number of carboxylic acids is 2. The Labute approximate surface area is 193 Å². The van der Waals surface area contributed by atoms with Crippen molar-refractivity contribution in [2.24, 2.45) is 5.92 Å². The molecule has 1 amide bonds. The lowest BCUT2D eigenvalue weighted by atomic mass is 9.86. The van der Waals surface area contributed by atoms with Crippen molar-refractivity contribution in [2.75, 3.05) is 31.6 Å². The number of benzene rings is 1. The summed E-state index contributed by atoms with van der Waals surface area (Å²) in [4.78, 5) is 40.7. The molecule has 33 heavy (non-hydrogen) atoms. The van der Waals surface area contributed by atoms with E-state index < -0.39 is 11.9 Å². The van der Waals surface area contributed by atoms with Gasteiger partial charge in [0.15, 0.2) is 5.82 Å². The SMILES string of the molecule is CN(C(=O)OC1CN2CCC1CC2)c1ncsc1-c1ccc(F)cc1.O=C(O)/C=C/C(=O)O. The zero-order chi connectivity index (χ0) is 24.0. The maximum absolute atomic E-state index is 13.1. The fourth-order valence-corrected chi connectivity index (χ4v) is 4.58. The summed E-state index contributed by atoms with van der Waals surface area (Å²) >= 11 is 1.42. The number of aliphatic carboxylic acids is 2. The van der Waals surface area contributed by atoms with Crippen LogP contribution in [0.2, 0.25) is 0 Å². The van der Waals surface area contributed by atoms with Crippen LogP contribution in [0.1, 0.15) is 12.8 Å². The van der Waals surface area contributed by atoms with Gasteiger partial charge in [-0.05, 0) is 49.5 Å². The molecule has 3 saturated heterocycles. The third-order valence-corrected chi connectivity index (χ3v) is 6.33. The Morgan fingerprint density at radius 2 is 1.76 bits per heavy atom. The molecule has 5 rings (SSSR count). The van der Waals surface area contributed by atoms with E-state index in [-0.39, 0.29) is 18.0 Å². The molecule has 1 aromatic heterocycles. The van der Waals surface area contributed by atoms with Crippen LogP contribution in [-0.2, 0) is 14.3 Å². The summed E-state index contributed by atoms with van der Waals surface area (Å²) in [6, 6.07) is 6.20. The van der Waals surface area contributed by atoms with Crippen LogP contribution in [-0.4, -0.2) is 70.9 Å². The van der Waals surface area contributed by atoms with Gasteiger partial charge in [-0.25, -0.2) is 23.8 Å². The van der Waals surface area contributed by atoms with Gasteiger partial charge in [0.1, 0.15) is 11.9 Å². The van der Waals surface area contributed by atoms with Gasteiger partial charge >= 0.3 is 18.0 Å². The number of carbonyl (C=O) groups is 3. The summed E-state index contributed by atoms with van der Waals surface area (Å²) < 4.78 is 18.9. The number of halogens is 1. The summed E-state index contributed by atoms with van der Waals surface area (Å²) in [6.45, 7) is 3.04. The molecule has 3 aliphatic heterocycles. The molecule has 0 spiro atoms. The normalized spacial score (nSPS) is 21.2. The first-order chi connectivity index (χ1) is 15.7. The van der Waals surface area contributed by atoms with Gasteiger partial charge in [0.25, 0.3) is 0 Å². The van der Waals surface area contributed by atoms with Gasteiger partial charge in [-0.2, -0.15) is 0 Å². The van der Waals surface area contributed by atoms with Gasteiger partial charge in [-0.1, -0.05) is 12.1 Å². The van der Waals surface area contributed by atoms with E-state index in [4.69, 9.17) is 14.9 Å². The minimum atomic E-state index is -1.26. The predicted octanol–water partition coefficient (Wildman–Crippen LogP) is 3.33. The standard InChI is InChI=1S/C18H20FN3O2S.C4H4O4/c1-21(18(23)24-15-10-22-8-6-12(15)7-9-22)17-16(25-11-20-17)13-2-4-14(19)5-3-13;5-3(6)1-2-4(7)8/h2-5,11-12,15H,6-10H2,1H3;1-2H,(H,5,6)(H,7,8)/b;2-1+. The first kappa shape index (κ1) is 24.3. The van der Waals surface area contributed by atoms with Crippen molar-refractivity contribution in [3.05, 3.63) is 47.7 Å². The second kappa shape index (κ2) is 11.0. The summed E-state index contributed by atoms with van der Waals surface area (Å²) in [6.07, 6.45) is 2.89. The second-order valence-electron chi connectivity index (χ2n) is 7.64. The van der Waals surface area contributed by atoms with Gasteiger partial charge in [0.2, 0.25) is 0 Å². The number of hydrogen-bond donors (Lipinski definition) is 2. The average molecular weight is 478 g/mol. The van der Waals surface area contributed by atoms with Gasteiger partial charge in [-0.15, -0.1) is 11.3 Å². The van der Waals surface area contributed by atoms with Crippen LogP contribution in [0.4, 0.5) is 15.0 Å². The van der Waals surface area contributed by atoms with Crippen LogP contribution in [0, 0.1) is 11.7 Å². The van der Waals surface area contributed by atoms with E-state index >= 15 is 0 Å². The van der Waals surface area contributed by atoms with Crippen molar-refractivity contribution in [3.63, 3.8) is 0 Å². The number of thiazole rings is 1. The van der Waals surface area contributed by atoms with E-state index in [2.05, 4.69) is 9.88 Å². The molecule has 0 aliphatic carbocycles. The monoisotopic (exact) mass is 477 g/mol. The lowest BCUT2D eigenvalue weighted by Crippen LogP contribution is -2.52. The number of carboxylic acid groups (broad SMARTS) is 2. The number of fused-ring (bicyclic) bond motifs is 3. The molecule has 3 aliphatic rings. The Morgan fingerprint density at radius 1 is 1.15 bits per heavy atom. The molecule has 9 nitrogen and oxygen atoms in total. The predicted molar refractivity (Wildman–Crippen MR) is 120 cm³/mol. The van der Waals surface area contributed by atoms with Crippen LogP contribution in [0.3, 0.4) is 0 Å². The topological polar surface area (TPSA) is 120 Å². The van der Waals surface area contributed by atoms with Crippen LogP contribution in [0.5, 0.6) is 0 Å². The number of ether oxygens (including phenoxy) is 1. The van der Waals surface area contributed by atoms with Crippen molar-refractivity contribution in [2.45, 2.75) is 18.9 Å². The smallest absolute Gasteiger partial charge is 0.415 e.